The molecule has 0 aliphatic carbocycles. The third-order valence-electron chi connectivity index (χ3n) is 9.17. The van der Waals surface area contributed by atoms with Gasteiger partial charge < -0.3 is 0 Å². The van der Waals surface area contributed by atoms with Crippen molar-refractivity contribution in [1.82, 2.24) is 29.9 Å². The van der Waals surface area contributed by atoms with Gasteiger partial charge in [0.15, 0.2) is 23.3 Å². The molecule has 0 saturated heterocycles. The first-order valence-electron chi connectivity index (χ1n) is 18.1. The number of hydrogen-bond acceptors (Lipinski definition) is 7. The van der Waals surface area contributed by atoms with Gasteiger partial charge in [-0.2, -0.15) is 19.9 Å². The second-order valence-corrected chi connectivity index (χ2v) is 12.9. The molecule has 0 fully saturated rings. The molecule has 0 spiro atoms. The fourth-order valence-corrected chi connectivity index (χ4v) is 6.45. The summed E-state index contributed by atoms with van der Waals surface area (Å²) < 4.78 is 0. The SMILES string of the molecule is c1ccc(-c2cc(-c3ccccc3)cc(N(c3nc(-c4ccccc4)nc(-c4ccccc4)n3)c3nc(-c4ccccc4)nc(-c4ccccc4)n3)c2)cc1. The van der Waals surface area contributed by atoms with Crippen LogP contribution in [-0.4, -0.2) is 29.9 Å². The van der Waals surface area contributed by atoms with Crippen LogP contribution in [0, 0.1) is 0 Å². The molecule has 7 nitrogen and oxygen atoms in total. The molecule has 260 valence electrons. The van der Waals surface area contributed by atoms with E-state index >= 15 is 0 Å². The van der Waals surface area contributed by atoms with Gasteiger partial charge in [-0.25, -0.2) is 14.9 Å². The maximum Gasteiger partial charge on any atom is 0.241 e. The van der Waals surface area contributed by atoms with E-state index in [1.165, 1.54) is 0 Å². The molecule has 7 aromatic carbocycles. The molecule has 0 bridgehead atoms. The maximum atomic E-state index is 5.20. The summed E-state index contributed by atoms with van der Waals surface area (Å²) in [6.07, 6.45) is 0. The standard InChI is InChI=1S/C48H33N7/c1-7-19-34(20-8-1)40-31-41(35-21-9-2-10-22-35)33-42(32-40)55(47-51-43(36-23-11-3-12-24-36)49-44(52-47)37-25-13-4-14-26-37)48-53-45(38-27-15-5-16-28-38)50-46(54-48)39-29-17-6-18-30-39/h1-33H. The minimum atomic E-state index is 0.362. The molecule has 0 aliphatic rings. The fraction of sp³-hybridized carbons (Fsp3) is 0. The van der Waals surface area contributed by atoms with E-state index in [4.69, 9.17) is 29.9 Å². The predicted octanol–water partition coefficient (Wildman–Crippen LogP) is 11.5. The predicted molar refractivity (Wildman–Crippen MR) is 221 cm³/mol. The zero-order valence-corrected chi connectivity index (χ0v) is 29.7. The molecule has 9 aromatic rings. The van der Waals surface area contributed by atoms with Gasteiger partial charge in [0.1, 0.15) is 0 Å². The summed E-state index contributed by atoms with van der Waals surface area (Å²) in [6.45, 7) is 0. The van der Waals surface area contributed by atoms with Gasteiger partial charge in [-0.15, -0.1) is 0 Å². The molecule has 0 aliphatic heterocycles. The molecule has 0 radical (unpaired) electrons. The highest BCUT2D eigenvalue weighted by atomic mass is 15.4. The van der Waals surface area contributed by atoms with E-state index in [1.54, 1.807) is 0 Å². The van der Waals surface area contributed by atoms with E-state index in [-0.39, 0.29) is 0 Å². The van der Waals surface area contributed by atoms with Crippen LogP contribution in [0.15, 0.2) is 200 Å². The summed E-state index contributed by atoms with van der Waals surface area (Å²) in [5.74, 6) is 2.83. The molecule has 7 heteroatoms. The number of anilines is 3. The van der Waals surface area contributed by atoms with Crippen molar-refractivity contribution in [3.8, 4) is 67.8 Å². The van der Waals surface area contributed by atoms with Crippen molar-refractivity contribution >= 4 is 17.6 Å². The lowest BCUT2D eigenvalue weighted by Crippen LogP contribution is -2.19. The van der Waals surface area contributed by atoms with Crippen molar-refractivity contribution < 1.29 is 0 Å². The lowest BCUT2D eigenvalue weighted by Gasteiger charge is -2.24. The topological polar surface area (TPSA) is 80.6 Å². The Morgan fingerprint density at radius 1 is 0.236 bits per heavy atom. The zero-order valence-electron chi connectivity index (χ0n) is 29.7. The van der Waals surface area contributed by atoms with E-state index in [2.05, 4.69) is 66.7 Å². The first-order valence-corrected chi connectivity index (χ1v) is 18.1. The van der Waals surface area contributed by atoms with Crippen molar-refractivity contribution in [3.05, 3.63) is 200 Å². The Balaban J connectivity index is 1.36. The molecule has 55 heavy (non-hydrogen) atoms. The van der Waals surface area contributed by atoms with E-state index in [0.29, 0.717) is 35.2 Å². The Kier molecular flexibility index (Phi) is 9.15. The lowest BCUT2D eigenvalue weighted by molar-refractivity contribution is 0.964. The van der Waals surface area contributed by atoms with Gasteiger partial charge in [-0.3, -0.25) is 0 Å². The van der Waals surface area contributed by atoms with Crippen LogP contribution in [-0.2, 0) is 0 Å². The quantitative estimate of drug-likeness (QED) is 0.148. The van der Waals surface area contributed by atoms with Crippen LogP contribution in [0.1, 0.15) is 0 Å². The average molecular weight is 708 g/mol. The highest BCUT2D eigenvalue weighted by molar-refractivity contribution is 5.83. The third-order valence-corrected chi connectivity index (χ3v) is 9.17. The van der Waals surface area contributed by atoms with E-state index in [1.807, 2.05) is 138 Å². The third kappa shape index (κ3) is 7.23. The number of aromatic nitrogens is 6. The average Bonchev–Trinajstić information content (AvgIpc) is 3.28. The largest absolute Gasteiger partial charge is 0.246 e. The molecule has 0 atom stereocenters. The molecular formula is C48H33N7. The molecule has 0 N–H and O–H groups in total. The zero-order chi connectivity index (χ0) is 36.8. The maximum absolute atomic E-state index is 5.20. The number of nitrogens with zero attached hydrogens (tertiary/aromatic N) is 7. The van der Waals surface area contributed by atoms with Crippen LogP contribution in [0.3, 0.4) is 0 Å². The second kappa shape index (κ2) is 15.1. The summed E-state index contributed by atoms with van der Waals surface area (Å²) in [6, 6.07) is 67.1. The highest BCUT2D eigenvalue weighted by Crippen LogP contribution is 2.39. The summed E-state index contributed by atoms with van der Waals surface area (Å²) in [7, 11) is 0. The first kappa shape index (κ1) is 33.2. The van der Waals surface area contributed by atoms with Gasteiger partial charge in [0.05, 0.1) is 5.69 Å². The smallest absolute Gasteiger partial charge is 0.241 e. The van der Waals surface area contributed by atoms with Crippen LogP contribution in [0.25, 0.3) is 67.8 Å². The highest BCUT2D eigenvalue weighted by Gasteiger charge is 2.25. The molecule has 2 heterocycles. The molecule has 0 amide bonds. The summed E-state index contributed by atoms with van der Waals surface area (Å²) in [5, 5.41) is 0. The number of benzene rings is 7. The molecule has 9 rings (SSSR count). The number of rotatable bonds is 9. The van der Waals surface area contributed by atoms with E-state index in [0.717, 1.165) is 50.2 Å². The first-order chi connectivity index (χ1) is 27.2. The van der Waals surface area contributed by atoms with Gasteiger partial charge in [-0.1, -0.05) is 182 Å². The van der Waals surface area contributed by atoms with E-state index < -0.39 is 0 Å². The lowest BCUT2D eigenvalue weighted by atomic mass is 9.97. The van der Waals surface area contributed by atoms with Gasteiger partial charge in [-0.05, 0) is 40.5 Å². The van der Waals surface area contributed by atoms with Crippen LogP contribution in [0.5, 0.6) is 0 Å². The fourth-order valence-electron chi connectivity index (χ4n) is 6.45. The normalized spacial score (nSPS) is 10.9. The molecule has 0 saturated carbocycles. The Hall–Kier alpha value is -7.64. The minimum Gasteiger partial charge on any atom is -0.246 e. The Morgan fingerprint density at radius 3 is 0.764 bits per heavy atom. The van der Waals surface area contributed by atoms with Crippen LogP contribution < -0.4 is 4.90 Å². The second-order valence-electron chi connectivity index (χ2n) is 12.9. The van der Waals surface area contributed by atoms with Crippen LogP contribution >= 0.6 is 0 Å². The Bertz CT molecular complexity index is 2200. The van der Waals surface area contributed by atoms with Gasteiger partial charge in [0.2, 0.25) is 11.9 Å². The Morgan fingerprint density at radius 2 is 0.491 bits per heavy atom. The van der Waals surface area contributed by atoms with Gasteiger partial charge in [0, 0.05) is 22.3 Å². The monoisotopic (exact) mass is 707 g/mol. The van der Waals surface area contributed by atoms with Crippen LogP contribution in [0.2, 0.25) is 0 Å². The van der Waals surface area contributed by atoms with E-state index in [9.17, 15) is 0 Å². The van der Waals surface area contributed by atoms with Crippen molar-refractivity contribution in [2.24, 2.45) is 0 Å². The van der Waals surface area contributed by atoms with Gasteiger partial charge in [0.25, 0.3) is 0 Å². The summed E-state index contributed by atoms with van der Waals surface area (Å²) in [4.78, 5) is 32.7. The molecular weight excluding hydrogens is 675 g/mol. The van der Waals surface area contributed by atoms with Crippen molar-refractivity contribution in [3.63, 3.8) is 0 Å². The summed E-state index contributed by atoms with van der Waals surface area (Å²) >= 11 is 0. The number of hydrogen-bond donors (Lipinski definition) is 0. The van der Waals surface area contributed by atoms with Crippen molar-refractivity contribution in [2.75, 3.05) is 4.90 Å². The summed E-state index contributed by atoms with van der Waals surface area (Å²) in [5.41, 5.74) is 8.37. The van der Waals surface area contributed by atoms with Crippen LogP contribution in [0.4, 0.5) is 17.6 Å². The molecule has 0 unspecified atom stereocenters. The molecule has 2 aromatic heterocycles. The van der Waals surface area contributed by atoms with Crippen molar-refractivity contribution in [2.45, 2.75) is 0 Å². The van der Waals surface area contributed by atoms with Crippen molar-refractivity contribution in [1.29, 1.82) is 0 Å². The Labute approximate surface area is 319 Å². The minimum absolute atomic E-state index is 0.362. The van der Waals surface area contributed by atoms with Gasteiger partial charge >= 0.3 is 0 Å².